The number of benzene rings is 3. The van der Waals surface area contributed by atoms with Gasteiger partial charge in [0.2, 0.25) is 5.91 Å². The van der Waals surface area contributed by atoms with Crippen LogP contribution in [-0.4, -0.2) is 40.3 Å². The van der Waals surface area contributed by atoms with E-state index in [0.717, 1.165) is 21.4 Å². The lowest BCUT2D eigenvalue weighted by atomic mass is 10.2. The third-order valence-corrected chi connectivity index (χ3v) is 8.12. The molecule has 0 aliphatic heterocycles. The maximum Gasteiger partial charge on any atom is 0.264 e. The van der Waals surface area contributed by atoms with E-state index in [1.807, 2.05) is 0 Å². The zero-order valence-corrected chi connectivity index (χ0v) is 21.5. The van der Waals surface area contributed by atoms with Gasteiger partial charge in [0.15, 0.2) is 0 Å². The standard InChI is InChI=1S/C25H26ClFN2O4S2/c1-33-24-13-10-20(26)16-23(24)29(35(31,32)22-6-3-2-4-7-22)17-25(30)28-14-5-15-34-18-19-8-11-21(27)12-9-19/h2-4,6-13,16H,5,14-15,17-18H2,1H3,(H,28,30). The molecule has 6 nitrogen and oxygen atoms in total. The first kappa shape index (κ1) is 26.8. The number of rotatable bonds is 12. The molecular weight excluding hydrogens is 511 g/mol. The number of nitrogens with zero attached hydrogens (tertiary/aromatic N) is 1. The van der Waals surface area contributed by atoms with Gasteiger partial charge in [-0.3, -0.25) is 9.10 Å². The lowest BCUT2D eigenvalue weighted by Crippen LogP contribution is -2.41. The third kappa shape index (κ3) is 7.62. The normalized spacial score (nSPS) is 11.2. The van der Waals surface area contributed by atoms with Crippen molar-refractivity contribution in [1.82, 2.24) is 5.32 Å². The molecule has 1 N–H and O–H groups in total. The Bertz CT molecular complexity index is 1230. The largest absolute Gasteiger partial charge is 0.495 e. The van der Waals surface area contributed by atoms with Gasteiger partial charge in [0.25, 0.3) is 10.0 Å². The number of halogens is 2. The second kappa shape index (κ2) is 12.8. The second-order valence-electron chi connectivity index (χ2n) is 7.52. The molecule has 0 bridgehead atoms. The number of sulfonamides is 1. The molecule has 3 rings (SSSR count). The summed E-state index contributed by atoms with van der Waals surface area (Å²) in [7, 11) is -2.65. The van der Waals surface area contributed by atoms with Crippen LogP contribution < -0.4 is 14.4 Å². The van der Waals surface area contributed by atoms with Gasteiger partial charge in [-0.05, 0) is 60.2 Å². The van der Waals surface area contributed by atoms with Gasteiger partial charge in [0, 0.05) is 17.3 Å². The molecule has 0 aliphatic rings. The van der Waals surface area contributed by atoms with Crippen molar-refractivity contribution >= 4 is 45.0 Å². The van der Waals surface area contributed by atoms with Crippen LogP contribution in [0.5, 0.6) is 5.75 Å². The van der Waals surface area contributed by atoms with Crippen molar-refractivity contribution in [2.24, 2.45) is 0 Å². The average Bonchev–Trinajstić information content (AvgIpc) is 2.86. The molecule has 0 atom stereocenters. The van der Waals surface area contributed by atoms with Gasteiger partial charge < -0.3 is 10.1 Å². The average molecular weight is 537 g/mol. The molecule has 3 aromatic carbocycles. The molecule has 0 aliphatic carbocycles. The number of methoxy groups -OCH3 is 1. The number of anilines is 1. The predicted octanol–water partition coefficient (Wildman–Crippen LogP) is 5.12. The second-order valence-corrected chi connectivity index (χ2v) is 10.9. The quantitative estimate of drug-likeness (QED) is 0.325. The molecule has 186 valence electrons. The van der Waals surface area contributed by atoms with E-state index >= 15 is 0 Å². The fourth-order valence-corrected chi connectivity index (χ4v) is 5.77. The van der Waals surface area contributed by atoms with E-state index in [1.54, 1.807) is 54.2 Å². The van der Waals surface area contributed by atoms with Gasteiger partial charge in [-0.15, -0.1) is 0 Å². The van der Waals surface area contributed by atoms with Crippen molar-refractivity contribution < 1.29 is 22.3 Å². The van der Waals surface area contributed by atoms with Crippen LogP contribution >= 0.6 is 23.4 Å². The lowest BCUT2D eigenvalue weighted by molar-refractivity contribution is -0.119. The number of nitrogens with one attached hydrogen (secondary N) is 1. The van der Waals surface area contributed by atoms with E-state index in [0.29, 0.717) is 18.0 Å². The Labute approximate surface area is 214 Å². The van der Waals surface area contributed by atoms with E-state index < -0.39 is 22.5 Å². The van der Waals surface area contributed by atoms with E-state index in [2.05, 4.69) is 5.32 Å². The summed E-state index contributed by atoms with van der Waals surface area (Å²) in [6.07, 6.45) is 0.698. The summed E-state index contributed by atoms with van der Waals surface area (Å²) in [5, 5.41) is 3.10. The summed E-state index contributed by atoms with van der Waals surface area (Å²) >= 11 is 7.81. The number of carbonyl (C=O) groups excluding carboxylic acids is 1. The Balaban J connectivity index is 1.64. The van der Waals surface area contributed by atoms with Crippen LogP contribution in [0.4, 0.5) is 10.1 Å². The van der Waals surface area contributed by atoms with Gasteiger partial charge in [-0.1, -0.05) is 41.9 Å². The fourth-order valence-electron chi connectivity index (χ4n) is 3.24. The molecule has 0 saturated carbocycles. The molecular formula is C25H26ClFN2O4S2. The highest BCUT2D eigenvalue weighted by Gasteiger charge is 2.29. The summed E-state index contributed by atoms with van der Waals surface area (Å²) in [5.74, 6) is 1.09. The summed E-state index contributed by atoms with van der Waals surface area (Å²) < 4.78 is 46.2. The van der Waals surface area contributed by atoms with Crippen molar-refractivity contribution in [1.29, 1.82) is 0 Å². The number of carbonyl (C=O) groups is 1. The van der Waals surface area contributed by atoms with Crippen molar-refractivity contribution in [3.8, 4) is 5.75 Å². The molecule has 35 heavy (non-hydrogen) atoms. The molecule has 0 spiro atoms. The van der Waals surface area contributed by atoms with Gasteiger partial charge >= 0.3 is 0 Å². The molecule has 0 heterocycles. The fraction of sp³-hybridized carbons (Fsp3) is 0.240. The molecule has 0 aromatic heterocycles. The SMILES string of the molecule is COc1ccc(Cl)cc1N(CC(=O)NCCCSCc1ccc(F)cc1)S(=O)(=O)c1ccccc1. The molecule has 10 heteroatoms. The Morgan fingerprint density at radius 3 is 2.49 bits per heavy atom. The monoisotopic (exact) mass is 536 g/mol. The van der Waals surface area contributed by atoms with Crippen molar-refractivity contribution in [2.75, 3.05) is 30.3 Å². The van der Waals surface area contributed by atoms with E-state index in [4.69, 9.17) is 16.3 Å². The van der Waals surface area contributed by atoms with Gasteiger partial charge in [-0.2, -0.15) is 11.8 Å². The predicted molar refractivity (Wildman–Crippen MR) is 139 cm³/mol. The minimum atomic E-state index is -4.07. The smallest absolute Gasteiger partial charge is 0.264 e. The molecule has 1 amide bonds. The summed E-state index contributed by atoms with van der Waals surface area (Å²) in [5.41, 5.74) is 1.20. The summed E-state index contributed by atoms with van der Waals surface area (Å²) in [4.78, 5) is 12.8. The molecule has 3 aromatic rings. The van der Waals surface area contributed by atoms with Crippen LogP contribution in [0.2, 0.25) is 5.02 Å². The van der Waals surface area contributed by atoms with Crippen molar-refractivity contribution in [3.05, 3.63) is 89.2 Å². The number of ether oxygens (including phenoxy) is 1. The van der Waals surface area contributed by atoms with E-state index in [-0.39, 0.29) is 22.1 Å². The molecule has 0 unspecified atom stereocenters. The molecule has 0 fully saturated rings. The van der Waals surface area contributed by atoms with Gasteiger partial charge in [-0.25, -0.2) is 12.8 Å². The highest BCUT2D eigenvalue weighted by molar-refractivity contribution is 7.98. The highest BCUT2D eigenvalue weighted by Crippen LogP contribution is 2.34. The Morgan fingerprint density at radius 2 is 1.80 bits per heavy atom. The maximum absolute atomic E-state index is 13.4. The Hall–Kier alpha value is -2.75. The van der Waals surface area contributed by atoms with Crippen LogP contribution in [0.1, 0.15) is 12.0 Å². The van der Waals surface area contributed by atoms with Crippen LogP contribution in [0.25, 0.3) is 0 Å². The summed E-state index contributed by atoms with van der Waals surface area (Å²) in [6.45, 7) is -0.0438. The number of hydrogen-bond donors (Lipinski definition) is 1. The van der Waals surface area contributed by atoms with Crippen molar-refractivity contribution in [2.45, 2.75) is 17.1 Å². The first-order valence-corrected chi connectivity index (χ1v) is 13.8. The number of amides is 1. The number of hydrogen-bond acceptors (Lipinski definition) is 5. The van der Waals surface area contributed by atoms with Crippen LogP contribution in [-0.2, 0) is 20.6 Å². The van der Waals surface area contributed by atoms with E-state index in [9.17, 15) is 17.6 Å². The zero-order chi connectivity index (χ0) is 25.3. The Kier molecular flexibility index (Phi) is 9.83. The first-order valence-electron chi connectivity index (χ1n) is 10.8. The van der Waals surface area contributed by atoms with Crippen LogP contribution in [0, 0.1) is 5.82 Å². The zero-order valence-electron chi connectivity index (χ0n) is 19.1. The minimum absolute atomic E-state index is 0.0482. The third-order valence-electron chi connectivity index (χ3n) is 5.00. The first-order chi connectivity index (χ1) is 16.8. The molecule has 0 radical (unpaired) electrons. The topological polar surface area (TPSA) is 75.7 Å². The van der Waals surface area contributed by atoms with Crippen LogP contribution in [0.15, 0.2) is 77.7 Å². The van der Waals surface area contributed by atoms with Gasteiger partial charge in [0.05, 0.1) is 17.7 Å². The lowest BCUT2D eigenvalue weighted by Gasteiger charge is -2.25. The highest BCUT2D eigenvalue weighted by atomic mass is 35.5. The minimum Gasteiger partial charge on any atom is -0.495 e. The Morgan fingerprint density at radius 1 is 1.09 bits per heavy atom. The maximum atomic E-state index is 13.4. The molecule has 0 saturated heterocycles. The summed E-state index contributed by atoms with van der Waals surface area (Å²) in [6, 6.07) is 18.8. The van der Waals surface area contributed by atoms with Crippen LogP contribution in [0.3, 0.4) is 0 Å². The van der Waals surface area contributed by atoms with Crippen molar-refractivity contribution in [3.63, 3.8) is 0 Å². The van der Waals surface area contributed by atoms with Gasteiger partial charge in [0.1, 0.15) is 18.1 Å². The van der Waals surface area contributed by atoms with E-state index in [1.165, 1.54) is 37.4 Å². The number of thioether (sulfide) groups is 1.